The fourth-order valence-electron chi connectivity index (χ4n) is 3.97. The van der Waals surface area contributed by atoms with Crippen molar-refractivity contribution >= 4 is 11.8 Å². The summed E-state index contributed by atoms with van der Waals surface area (Å²) in [6.45, 7) is 4.96. The third-order valence-electron chi connectivity index (χ3n) is 5.59. The van der Waals surface area contributed by atoms with Crippen LogP contribution in [0.3, 0.4) is 0 Å². The van der Waals surface area contributed by atoms with Gasteiger partial charge in [-0.2, -0.15) is 0 Å². The Kier molecular flexibility index (Phi) is 5.08. The largest absolute Gasteiger partial charge is 0.347 e. The van der Waals surface area contributed by atoms with Crippen LogP contribution in [0, 0.1) is 6.92 Å². The lowest BCUT2D eigenvalue weighted by Crippen LogP contribution is -2.55. The molecule has 0 bridgehead atoms. The van der Waals surface area contributed by atoms with E-state index in [4.69, 9.17) is 0 Å². The van der Waals surface area contributed by atoms with Crippen molar-refractivity contribution in [2.75, 3.05) is 33.7 Å². The number of likely N-dealkylation sites (N-methyl/N-ethyl adjacent to an activating group) is 1. The van der Waals surface area contributed by atoms with Crippen LogP contribution in [0.4, 0.5) is 0 Å². The first-order chi connectivity index (χ1) is 11.9. The quantitative estimate of drug-likeness (QED) is 0.829. The van der Waals surface area contributed by atoms with Gasteiger partial charge in [-0.3, -0.25) is 19.5 Å². The van der Waals surface area contributed by atoms with Crippen LogP contribution in [0.5, 0.6) is 0 Å². The molecule has 2 aliphatic heterocycles. The Labute approximate surface area is 149 Å². The molecular weight excluding hydrogens is 316 g/mol. The molecule has 0 unspecified atom stereocenters. The van der Waals surface area contributed by atoms with Gasteiger partial charge in [-0.1, -0.05) is 6.07 Å². The molecule has 136 valence electrons. The highest BCUT2D eigenvalue weighted by Gasteiger charge is 2.47. The van der Waals surface area contributed by atoms with Gasteiger partial charge in [0.05, 0.1) is 5.69 Å². The second kappa shape index (κ2) is 7.12. The van der Waals surface area contributed by atoms with Gasteiger partial charge in [-0.15, -0.1) is 0 Å². The number of carbonyl (C=O) groups is 2. The molecule has 0 aliphatic carbocycles. The molecule has 0 saturated carbocycles. The third-order valence-corrected chi connectivity index (χ3v) is 5.59. The van der Waals surface area contributed by atoms with Gasteiger partial charge < -0.3 is 9.80 Å². The molecule has 0 N–H and O–H groups in total. The van der Waals surface area contributed by atoms with Crippen LogP contribution in [0.15, 0.2) is 18.2 Å². The van der Waals surface area contributed by atoms with E-state index in [-0.39, 0.29) is 23.9 Å². The Morgan fingerprint density at radius 1 is 1.24 bits per heavy atom. The van der Waals surface area contributed by atoms with E-state index >= 15 is 0 Å². The van der Waals surface area contributed by atoms with E-state index < -0.39 is 0 Å². The monoisotopic (exact) mass is 344 g/mol. The second-order valence-electron chi connectivity index (χ2n) is 7.54. The SMILES string of the molecule is Cc1cccc(CN2CCC3(CCC(=O)N3CC(=O)N(C)C)CC2)n1. The summed E-state index contributed by atoms with van der Waals surface area (Å²) in [7, 11) is 3.49. The van der Waals surface area contributed by atoms with Crippen LogP contribution >= 0.6 is 0 Å². The maximum atomic E-state index is 12.3. The number of amides is 2. The van der Waals surface area contributed by atoms with Gasteiger partial charge in [0.25, 0.3) is 0 Å². The van der Waals surface area contributed by atoms with Gasteiger partial charge in [-0.05, 0) is 38.3 Å². The van der Waals surface area contributed by atoms with E-state index in [1.165, 1.54) is 0 Å². The Hall–Kier alpha value is -1.95. The number of nitrogens with zero attached hydrogens (tertiary/aromatic N) is 4. The van der Waals surface area contributed by atoms with E-state index in [0.29, 0.717) is 6.42 Å². The van der Waals surface area contributed by atoms with Crippen LogP contribution in [-0.4, -0.2) is 70.8 Å². The van der Waals surface area contributed by atoms with Gasteiger partial charge in [0.1, 0.15) is 6.54 Å². The molecule has 1 aromatic heterocycles. The highest BCUT2D eigenvalue weighted by Crippen LogP contribution is 2.39. The summed E-state index contributed by atoms with van der Waals surface area (Å²) in [5.41, 5.74) is 2.01. The molecule has 0 aromatic carbocycles. The zero-order chi connectivity index (χ0) is 18.0. The number of aromatic nitrogens is 1. The molecule has 0 radical (unpaired) electrons. The summed E-state index contributed by atoms with van der Waals surface area (Å²) in [6, 6.07) is 6.13. The minimum atomic E-state index is -0.126. The molecular formula is C19H28N4O2. The fourth-order valence-corrected chi connectivity index (χ4v) is 3.97. The molecule has 6 nitrogen and oxygen atoms in total. The van der Waals surface area contributed by atoms with E-state index in [1.807, 2.05) is 24.0 Å². The van der Waals surface area contributed by atoms with Gasteiger partial charge in [0, 0.05) is 51.4 Å². The van der Waals surface area contributed by atoms with Crippen molar-refractivity contribution in [2.24, 2.45) is 0 Å². The summed E-state index contributed by atoms with van der Waals surface area (Å²) < 4.78 is 0. The van der Waals surface area contributed by atoms with Crippen molar-refractivity contribution in [1.82, 2.24) is 19.7 Å². The van der Waals surface area contributed by atoms with Gasteiger partial charge in [0.2, 0.25) is 11.8 Å². The van der Waals surface area contributed by atoms with E-state index in [1.54, 1.807) is 19.0 Å². The molecule has 1 aromatic rings. The first-order valence-corrected chi connectivity index (χ1v) is 9.05. The molecule has 3 rings (SSSR count). The predicted octanol–water partition coefficient (Wildman–Crippen LogP) is 1.44. The van der Waals surface area contributed by atoms with Crippen molar-refractivity contribution in [2.45, 2.75) is 44.7 Å². The number of hydrogen-bond donors (Lipinski definition) is 0. The summed E-state index contributed by atoms with van der Waals surface area (Å²) in [4.78, 5) is 34.9. The summed E-state index contributed by atoms with van der Waals surface area (Å²) in [5, 5.41) is 0. The summed E-state index contributed by atoms with van der Waals surface area (Å²) in [5.74, 6) is 0.130. The molecule has 0 atom stereocenters. The van der Waals surface area contributed by atoms with E-state index in [9.17, 15) is 9.59 Å². The van der Waals surface area contributed by atoms with Crippen molar-refractivity contribution in [3.63, 3.8) is 0 Å². The fraction of sp³-hybridized carbons (Fsp3) is 0.632. The maximum Gasteiger partial charge on any atom is 0.241 e. The Morgan fingerprint density at radius 3 is 2.60 bits per heavy atom. The minimum Gasteiger partial charge on any atom is -0.347 e. The topological polar surface area (TPSA) is 56.8 Å². The van der Waals surface area contributed by atoms with Gasteiger partial charge in [-0.25, -0.2) is 0 Å². The molecule has 3 heterocycles. The van der Waals surface area contributed by atoms with Gasteiger partial charge >= 0.3 is 0 Å². The van der Waals surface area contributed by atoms with Crippen molar-refractivity contribution in [1.29, 1.82) is 0 Å². The lowest BCUT2D eigenvalue weighted by Gasteiger charge is -2.45. The highest BCUT2D eigenvalue weighted by atomic mass is 16.2. The van der Waals surface area contributed by atoms with Crippen molar-refractivity contribution in [3.05, 3.63) is 29.6 Å². The lowest BCUT2D eigenvalue weighted by atomic mass is 9.85. The maximum absolute atomic E-state index is 12.3. The molecule has 2 aliphatic rings. The Morgan fingerprint density at radius 2 is 1.96 bits per heavy atom. The average Bonchev–Trinajstić information content (AvgIpc) is 2.87. The molecule has 2 amide bonds. The predicted molar refractivity (Wildman–Crippen MR) is 95.9 cm³/mol. The van der Waals surface area contributed by atoms with E-state index in [2.05, 4.69) is 16.0 Å². The number of pyridine rings is 1. The second-order valence-corrected chi connectivity index (χ2v) is 7.54. The first-order valence-electron chi connectivity index (χ1n) is 9.05. The zero-order valence-electron chi connectivity index (χ0n) is 15.5. The smallest absolute Gasteiger partial charge is 0.241 e. The van der Waals surface area contributed by atoms with Gasteiger partial charge in [0.15, 0.2) is 0 Å². The molecule has 1 spiro atoms. The number of rotatable bonds is 4. The number of aryl methyl sites for hydroxylation is 1. The van der Waals surface area contributed by atoms with Crippen LogP contribution in [0.25, 0.3) is 0 Å². The molecule has 2 saturated heterocycles. The Balaban J connectivity index is 1.63. The normalized spacial score (nSPS) is 20.3. The minimum absolute atomic E-state index is 0.000940. The number of carbonyl (C=O) groups excluding carboxylic acids is 2. The van der Waals surface area contributed by atoms with Crippen molar-refractivity contribution < 1.29 is 9.59 Å². The first kappa shape index (κ1) is 17.9. The zero-order valence-corrected chi connectivity index (χ0v) is 15.5. The molecule has 25 heavy (non-hydrogen) atoms. The van der Waals surface area contributed by atoms with Crippen LogP contribution in [-0.2, 0) is 16.1 Å². The summed E-state index contributed by atoms with van der Waals surface area (Å²) >= 11 is 0. The van der Waals surface area contributed by atoms with Crippen molar-refractivity contribution in [3.8, 4) is 0 Å². The molecule has 6 heteroatoms. The van der Waals surface area contributed by atoms with Crippen LogP contribution < -0.4 is 0 Å². The average molecular weight is 344 g/mol. The van der Waals surface area contributed by atoms with E-state index in [0.717, 1.165) is 50.3 Å². The highest BCUT2D eigenvalue weighted by molar-refractivity contribution is 5.86. The Bertz CT molecular complexity index is 651. The number of hydrogen-bond acceptors (Lipinski definition) is 4. The number of piperidine rings is 1. The van der Waals surface area contributed by atoms with Crippen LogP contribution in [0.2, 0.25) is 0 Å². The summed E-state index contributed by atoms with van der Waals surface area (Å²) in [6.07, 6.45) is 3.32. The van der Waals surface area contributed by atoms with Crippen LogP contribution in [0.1, 0.15) is 37.1 Å². The molecule has 2 fully saturated rings. The lowest BCUT2D eigenvalue weighted by molar-refractivity contribution is -0.141. The number of likely N-dealkylation sites (tertiary alicyclic amines) is 2. The third kappa shape index (κ3) is 3.84. The standard InChI is InChI=1S/C19H28N4O2/c1-15-5-4-6-16(20-15)13-22-11-9-19(10-12-22)8-7-17(24)23(19)14-18(25)21(2)3/h4-6H,7-14H2,1-3H3.